The number of hydrogen-bond acceptors (Lipinski definition) is 4. The van der Waals surface area contributed by atoms with Crippen molar-refractivity contribution >= 4 is 5.97 Å². The topological polar surface area (TPSA) is 44.8 Å². The zero-order valence-electron chi connectivity index (χ0n) is 15.6. The van der Waals surface area contributed by atoms with Gasteiger partial charge in [0.1, 0.15) is 6.10 Å². The molecule has 5 heteroatoms. The van der Waals surface area contributed by atoms with Crippen molar-refractivity contribution in [2.75, 3.05) is 19.8 Å². The minimum atomic E-state index is -0.283. The van der Waals surface area contributed by atoms with Crippen LogP contribution in [0.3, 0.4) is 0 Å². The smallest absolute Gasteiger partial charge is 0.311 e. The van der Waals surface area contributed by atoms with E-state index in [-0.39, 0.29) is 42.4 Å². The predicted octanol–water partition coefficient (Wildman–Crippen LogP) is 0.489. The van der Waals surface area contributed by atoms with Gasteiger partial charge >= 0.3 is 5.97 Å². The molecule has 4 atom stereocenters. The fraction of sp³-hybridized carbons (Fsp3) is 0.650. The van der Waals surface area contributed by atoms with Crippen molar-refractivity contribution in [1.29, 1.82) is 0 Å². The first-order valence-corrected chi connectivity index (χ1v) is 8.91. The summed E-state index contributed by atoms with van der Waals surface area (Å²) in [6.45, 7) is 9.63. The van der Waals surface area contributed by atoms with Gasteiger partial charge < -0.3 is 26.6 Å². The van der Waals surface area contributed by atoms with E-state index in [2.05, 4.69) is 26.0 Å². The highest BCUT2D eigenvalue weighted by Gasteiger charge is 2.33. The molecule has 1 aliphatic rings. The summed E-state index contributed by atoms with van der Waals surface area (Å²) in [7, 11) is 0. The zero-order chi connectivity index (χ0) is 17.5. The Morgan fingerprint density at radius 1 is 1.16 bits per heavy atom. The Hall–Kier alpha value is -1.10. The van der Waals surface area contributed by atoms with E-state index in [1.807, 2.05) is 32.0 Å². The lowest BCUT2D eigenvalue weighted by atomic mass is 9.91. The van der Waals surface area contributed by atoms with E-state index in [4.69, 9.17) is 14.2 Å². The van der Waals surface area contributed by atoms with Crippen LogP contribution in [0.1, 0.15) is 33.3 Å². The first-order valence-electron chi connectivity index (χ1n) is 8.91. The number of ether oxygens (including phenoxy) is 3. The minimum absolute atomic E-state index is 0. The van der Waals surface area contributed by atoms with Gasteiger partial charge in [0, 0.05) is 12.5 Å². The van der Waals surface area contributed by atoms with Crippen LogP contribution in [0.2, 0.25) is 0 Å². The van der Waals surface area contributed by atoms with Gasteiger partial charge in [0.2, 0.25) is 0 Å². The highest BCUT2D eigenvalue weighted by molar-refractivity contribution is 5.72. The quantitative estimate of drug-likeness (QED) is 0.709. The molecule has 1 heterocycles. The molecular weight excluding hydrogens is 340 g/mol. The lowest BCUT2D eigenvalue weighted by Crippen LogP contribution is -3.00. The summed E-state index contributed by atoms with van der Waals surface area (Å²) in [4.78, 5) is 12.1. The third kappa shape index (κ3) is 6.96. The average Bonchev–Trinajstić information content (AvgIpc) is 2.58. The summed E-state index contributed by atoms with van der Waals surface area (Å²) in [6, 6.07) is 10.3. The van der Waals surface area contributed by atoms with E-state index in [1.165, 1.54) is 5.56 Å². The van der Waals surface area contributed by atoms with Crippen molar-refractivity contribution < 1.29 is 31.4 Å². The first-order chi connectivity index (χ1) is 11.5. The zero-order valence-corrected chi connectivity index (χ0v) is 16.4. The summed E-state index contributed by atoms with van der Waals surface area (Å²) < 4.78 is 17.6. The Bertz CT molecular complexity index is 506. The van der Waals surface area contributed by atoms with E-state index in [9.17, 15) is 4.79 Å². The van der Waals surface area contributed by atoms with E-state index in [1.54, 1.807) is 0 Å². The molecule has 1 aromatic rings. The molecule has 0 saturated carbocycles. The first kappa shape index (κ1) is 21.9. The van der Waals surface area contributed by atoms with Gasteiger partial charge in [0.15, 0.2) is 0 Å². The van der Waals surface area contributed by atoms with Crippen molar-refractivity contribution in [3.8, 4) is 0 Å². The molecule has 1 saturated heterocycles. The number of cyclic esters (lactones) is 1. The van der Waals surface area contributed by atoms with Crippen LogP contribution in [0.15, 0.2) is 30.3 Å². The second-order valence-electron chi connectivity index (χ2n) is 7.22. The van der Waals surface area contributed by atoms with Gasteiger partial charge in [0.05, 0.1) is 25.2 Å². The number of carbonyl (C=O) groups is 1. The lowest BCUT2D eigenvalue weighted by molar-refractivity contribution is -0.162. The number of halogens is 1. The fourth-order valence-corrected chi connectivity index (χ4v) is 2.98. The number of esters is 1. The van der Waals surface area contributed by atoms with Crippen molar-refractivity contribution in [3.63, 3.8) is 0 Å². The molecule has 0 radical (unpaired) electrons. The number of hydrogen-bond donors (Lipinski definition) is 0. The van der Waals surface area contributed by atoms with Crippen LogP contribution in [-0.2, 0) is 25.4 Å². The molecule has 0 aliphatic carbocycles. The van der Waals surface area contributed by atoms with Crippen molar-refractivity contribution in [2.24, 2.45) is 17.8 Å². The molecule has 142 valence electrons. The summed E-state index contributed by atoms with van der Waals surface area (Å²) >= 11 is 0. The Kier molecular flexibility index (Phi) is 9.47. The number of benzene rings is 1. The molecule has 0 spiro atoms. The minimum Gasteiger partial charge on any atom is -1.00 e. The second kappa shape index (κ2) is 10.8. The van der Waals surface area contributed by atoms with Crippen LogP contribution in [0.25, 0.3) is 0 Å². The van der Waals surface area contributed by atoms with Crippen LogP contribution in [0.5, 0.6) is 0 Å². The maximum absolute atomic E-state index is 12.1. The maximum Gasteiger partial charge on any atom is 0.311 e. The molecule has 1 fully saturated rings. The molecule has 0 bridgehead atoms. The van der Waals surface area contributed by atoms with E-state index in [0.717, 1.165) is 6.42 Å². The van der Waals surface area contributed by atoms with Crippen molar-refractivity contribution in [2.45, 2.75) is 46.3 Å². The normalized spacial score (nSPS) is 27.6. The average molecular weight is 370 g/mol. The van der Waals surface area contributed by atoms with Gasteiger partial charge in [-0.05, 0) is 31.7 Å². The lowest BCUT2D eigenvalue weighted by Gasteiger charge is -2.31. The van der Waals surface area contributed by atoms with Gasteiger partial charge in [-0.1, -0.05) is 44.2 Å². The largest absolute Gasteiger partial charge is 1.00 e. The van der Waals surface area contributed by atoms with Gasteiger partial charge in [-0.25, -0.2) is 0 Å². The Morgan fingerprint density at radius 2 is 1.84 bits per heavy atom. The van der Waals surface area contributed by atoms with E-state index >= 15 is 0 Å². The SMILES string of the molecule is CC(C)CO[C@@H]1[C@@H](Cc2ccccc2)COC[C@H](C)C(=O)O[C@H]1C.[Cl-]. The summed E-state index contributed by atoms with van der Waals surface area (Å²) in [5.41, 5.74) is 1.25. The van der Waals surface area contributed by atoms with Gasteiger partial charge in [-0.2, -0.15) is 0 Å². The van der Waals surface area contributed by atoms with E-state index in [0.29, 0.717) is 25.7 Å². The molecule has 1 aromatic carbocycles. The van der Waals surface area contributed by atoms with Gasteiger partial charge in [-0.3, -0.25) is 4.79 Å². The van der Waals surface area contributed by atoms with E-state index < -0.39 is 0 Å². The molecule has 0 amide bonds. The molecule has 2 rings (SSSR count). The standard InChI is InChI=1S/C20H30O4.ClH/c1-14(2)11-23-19-16(4)24-20(21)15(3)12-22-13-18(19)10-17-8-6-5-7-9-17;/h5-9,14-16,18-19H,10-13H2,1-4H3;1H/p-1/t15-,16-,18-,19-;/m0./s1. The van der Waals surface area contributed by atoms with Crippen molar-refractivity contribution in [3.05, 3.63) is 35.9 Å². The van der Waals surface area contributed by atoms with Crippen LogP contribution >= 0.6 is 0 Å². The summed E-state index contributed by atoms with van der Waals surface area (Å²) in [5.74, 6) is 0.131. The Balaban J connectivity index is 0.00000312. The summed E-state index contributed by atoms with van der Waals surface area (Å²) in [5, 5.41) is 0. The molecule has 25 heavy (non-hydrogen) atoms. The van der Waals surface area contributed by atoms with Crippen LogP contribution in [0.4, 0.5) is 0 Å². The Labute approximate surface area is 157 Å². The highest BCUT2D eigenvalue weighted by atomic mass is 35.5. The van der Waals surface area contributed by atoms with Crippen LogP contribution in [0, 0.1) is 17.8 Å². The number of carbonyl (C=O) groups excluding carboxylic acids is 1. The molecule has 0 aromatic heterocycles. The number of rotatable bonds is 5. The molecule has 0 unspecified atom stereocenters. The van der Waals surface area contributed by atoms with Crippen molar-refractivity contribution in [1.82, 2.24) is 0 Å². The molecule has 0 N–H and O–H groups in total. The van der Waals surface area contributed by atoms with Gasteiger partial charge in [0.25, 0.3) is 0 Å². The third-order valence-electron chi connectivity index (χ3n) is 4.29. The predicted molar refractivity (Wildman–Crippen MR) is 93.8 cm³/mol. The Morgan fingerprint density at radius 3 is 2.48 bits per heavy atom. The van der Waals surface area contributed by atoms with Crippen LogP contribution in [-0.4, -0.2) is 38.0 Å². The fourth-order valence-electron chi connectivity index (χ4n) is 2.98. The third-order valence-corrected chi connectivity index (χ3v) is 4.29. The monoisotopic (exact) mass is 369 g/mol. The molecule has 4 nitrogen and oxygen atoms in total. The highest BCUT2D eigenvalue weighted by Crippen LogP contribution is 2.24. The molecule has 1 aliphatic heterocycles. The van der Waals surface area contributed by atoms with Gasteiger partial charge in [-0.15, -0.1) is 0 Å². The van der Waals surface area contributed by atoms with Crippen LogP contribution < -0.4 is 12.4 Å². The summed E-state index contributed by atoms with van der Waals surface area (Å²) in [6.07, 6.45) is 0.399. The molecular formula is C20H30ClO4-. The second-order valence-corrected chi connectivity index (χ2v) is 7.22. The maximum atomic E-state index is 12.1.